The van der Waals surface area contributed by atoms with E-state index < -0.39 is 0 Å². The van der Waals surface area contributed by atoms with E-state index in [4.69, 9.17) is 14.7 Å². The van der Waals surface area contributed by atoms with Gasteiger partial charge in [-0.25, -0.2) is 9.97 Å². The molecule has 12 rings (SSSR count). The van der Waals surface area contributed by atoms with E-state index in [1.54, 1.807) is 7.11 Å². The van der Waals surface area contributed by atoms with Gasteiger partial charge in [0.05, 0.1) is 34.7 Å². The largest absolute Gasteiger partial charge is 0.497 e. The number of para-hydroxylation sites is 3. The van der Waals surface area contributed by atoms with Crippen LogP contribution in [0, 0.1) is 0 Å². The van der Waals surface area contributed by atoms with Gasteiger partial charge in [-0.2, -0.15) is 0 Å². The SMILES string of the molecule is COc1cccc(-c2ccc(-c3nc(-n4c5ccccc5c5cc(-c6ccc7c(c6)c6ccccc6n7-c6ccccc6)ccc54)c4ccc5ccccc5c4n3)cc2)c1. The summed E-state index contributed by atoms with van der Waals surface area (Å²) in [4.78, 5) is 10.8. The molecule has 0 unspecified atom stereocenters. The summed E-state index contributed by atoms with van der Waals surface area (Å²) in [6.45, 7) is 0. The number of benzene rings is 9. The van der Waals surface area contributed by atoms with Crippen LogP contribution in [0.25, 0.3) is 110 Å². The molecular formula is C55H36N4O. The van der Waals surface area contributed by atoms with E-state index in [1.807, 2.05) is 12.1 Å². The molecule has 0 saturated carbocycles. The summed E-state index contributed by atoms with van der Waals surface area (Å²) >= 11 is 0. The van der Waals surface area contributed by atoms with Gasteiger partial charge in [-0.1, -0.05) is 133 Å². The van der Waals surface area contributed by atoms with E-state index in [2.05, 4.69) is 197 Å². The maximum absolute atomic E-state index is 5.51. The summed E-state index contributed by atoms with van der Waals surface area (Å²) in [7, 11) is 1.70. The second kappa shape index (κ2) is 13.5. The van der Waals surface area contributed by atoms with Gasteiger partial charge in [0, 0.05) is 43.6 Å². The number of nitrogens with zero attached hydrogens (tertiary/aromatic N) is 4. The highest BCUT2D eigenvalue weighted by atomic mass is 16.5. The Morgan fingerprint density at radius 2 is 0.933 bits per heavy atom. The molecule has 282 valence electrons. The number of hydrogen-bond donors (Lipinski definition) is 0. The molecule has 3 aromatic heterocycles. The predicted octanol–water partition coefficient (Wildman–Crippen LogP) is 14.0. The molecule has 0 fully saturated rings. The Kier molecular flexibility index (Phi) is 7.69. The Morgan fingerprint density at radius 1 is 0.367 bits per heavy atom. The van der Waals surface area contributed by atoms with Crippen LogP contribution < -0.4 is 4.74 Å². The van der Waals surface area contributed by atoms with E-state index in [0.717, 1.165) is 66.7 Å². The first-order chi connectivity index (χ1) is 29.7. The van der Waals surface area contributed by atoms with E-state index >= 15 is 0 Å². The Labute approximate surface area is 346 Å². The minimum absolute atomic E-state index is 0.677. The fourth-order valence-electron chi connectivity index (χ4n) is 9.15. The summed E-state index contributed by atoms with van der Waals surface area (Å²) in [5.74, 6) is 2.36. The van der Waals surface area contributed by atoms with Gasteiger partial charge in [-0.05, 0) is 94.4 Å². The van der Waals surface area contributed by atoms with Crippen molar-refractivity contribution in [2.45, 2.75) is 0 Å². The van der Waals surface area contributed by atoms with Crippen molar-refractivity contribution in [1.82, 2.24) is 19.1 Å². The van der Waals surface area contributed by atoms with Crippen molar-refractivity contribution >= 4 is 65.3 Å². The lowest BCUT2D eigenvalue weighted by Crippen LogP contribution is -2.03. The zero-order valence-corrected chi connectivity index (χ0v) is 32.7. The van der Waals surface area contributed by atoms with Crippen LogP contribution in [-0.4, -0.2) is 26.2 Å². The van der Waals surface area contributed by atoms with Gasteiger partial charge < -0.3 is 9.30 Å². The van der Waals surface area contributed by atoms with Crippen LogP contribution in [0.1, 0.15) is 0 Å². The van der Waals surface area contributed by atoms with Crippen molar-refractivity contribution in [3.8, 4) is 50.9 Å². The molecule has 12 aromatic rings. The van der Waals surface area contributed by atoms with E-state index in [1.165, 1.54) is 43.7 Å². The van der Waals surface area contributed by atoms with Gasteiger partial charge in [0.1, 0.15) is 11.6 Å². The molecule has 0 spiro atoms. The third-order valence-electron chi connectivity index (χ3n) is 12.0. The second-order valence-corrected chi connectivity index (χ2v) is 15.4. The van der Waals surface area contributed by atoms with Crippen molar-refractivity contribution in [2.24, 2.45) is 0 Å². The number of aromatic nitrogens is 4. The van der Waals surface area contributed by atoms with Crippen LogP contribution in [0.5, 0.6) is 5.75 Å². The molecule has 3 heterocycles. The molecule has 0 amide bonds. The van der Waals surface area contributed by atoms with Crippen LogP contribution >= 0.6 is 0 Å². The Balaban J connectivity index is 1.05. The average Bonchev–Trinajstić information content (AvgIpc) is 3.83. The Hall–Kier alpha value is -8.02. The highest BCUT2D eigenvalue weighted by molar-refractivity contribution is 6.14. The molecule has 0 aliphatic heterocycles. The molecule has 0 N–H and O–H groups in total. The summed E-state index contributed by atoms with van der Waals surface area (Å²) < 4.78 is 10.2. The predicted molar refractivity (Wildman–Crippen MR) is 249 cm³/mol. The molecule has 0 aliphatic carbocycles. The van der Waals surface area contributed by atoms with Crippen LogP contribution in [0.3, 0.4) is 0 Å². The lowest BCUT2D eigenvalue weighted by atomic mass is 10.0. The summed E-state index contributed by atoms with van der Waals surface area (Å²) in [6.07, 6.45) is 0. The van der Waals surface area contributed by atoms with Crippen molar-refractivity contribution in [1.29, 1.82) is 0 Å². The number of hydrogen-bond acceptors (Lipinski definition) is 3. The molecule has 0 bridgehead atoms. The third kappa shape index (κ3) is 5.33. The highest BCUT2D eigenvalue weighted by Crippen LogP contribution is 2.40. The zero-order valence-electron chi connectivity index (χ0n) is 32.7. The Bertz CT molecular complexity index is 3640. The van der Waals surface area contributed by atoms with Crippen molar-refractivity contribution in [3.63, 3.8) is 0 Å². The van der Waals surface area contributed by atoms with Crippen LogP contribution in [0.4, 0.5) is 0 Å². The molecule has 0 atom stereocenters. The zero-order chi connectivity index (χ0) is 39.7. The fraction of sp³-hybridized carbons (Fsp3) is 0.0182. The lowest BCUT2D eigenvalue weighted by Gasteiger charge is -2.14. The summed E-state index contributed by atoms with van der Waals surface area (Å²) in [5, 5.41) is 8.06. The van der Waals surface area contributed by atoms with Crippen molar-refractivity contribution in [3.05, 3.63) is 200 Å². The van der Waals surface area contributed by atoms with E-state index in [-0.39, 0.29) is 0 Å². The first-order valence-electron chi connectivity index (χ1n) is 20.3. The lowest BCUT2D eigenvalue weighted by molar-refractivity contribution is 0.415. The van der Waals surface area contributed by atoms with Crippen LogP contribution in [0.2, 0.25) is 0 Å². The smallest absolute Gasteiger partial charge is 0.162 e. The maximum Gasteiger partial charge on any atom is 0.162 e. The van der Waals surface area contributed by atoms with Crippen LogP contribution in [0.15, 0.2) is 200 Å². The Morgan fingerprint density at radius 3 is 1.65 bits per heavy atom. The van der Waals surface area contributed by atoms with Crippen molar-refractivity contribution in [2.75, 3.05) is 7.11 Å². The average molecular weight is 769 g/mol. The molecule has 9 aromatic carbocycles. The number of rotatable bonds is 6. The normalized spacial score (nSPS) is 11.8. The minimum Gasteiger partial charge on any atom is -0.497 e. The molecule has 5 nitrogen and oxygen atoms in total. The summed E-state index contributed by atoms with van der Waals surface area (Å²) in [6, 6.07) is 71.3. The number of fused-ring (bicyclic) bond motifs is 9. The van der Waals surface area contributed by atoms with Gasteiger partial charge >= 0.3 is 0 Å². The standard InChI is InChI=1S/C55H36N4O/c1-60-42-16-11-13-38(32-42)35-22-24-37(25-23-35)54-56-53-43-17-6-5-12-36(43)26-29-46(53)55(57-54)59-50-21-10-8-19-45(50)48-34-40(28-31-52(48)59)39-27-30-51-47(33-39)44-18-7-9-20-49(44)58(51)41-14-3-2-4-15-41/h2-34H,1H3. The maximum atomic E-state index is 5.51. The van der Waals surface area contributed by atoms with Gasteiger partial charge in [-0.15, -0.1) is 0 Å². The van der Waals surface area contributed by atoms with Gasteiger partial charge in [0.15, 0.2) is 5.82 Å². The molecule has 60 heavy (non-hydrogen) atoms. The number of ether oxygens (including phenoxy) is 1. The molecule has 0 saturated heterocycles. The van der Waals surface area contributed by atoms with E-state index in [0.29, 0.717) is 5.82 Å². The monoisotopic (exact) mass is 768 g/mol. The molecule has 5 heteroatoms. The quantitative estimate of drug-likeness (QED) is 0.158. The van der Waals surface area contributed by atoms with Crippen molar-refractivity contribution < 1.29 is 4.74 Å². The molecular weight excluding hydrogens is 733 g/mol. The third-order valence-corrected chi connectivity index (χ3v) is 12.0. The first-order valence-corrected chi connectivity index (χ1v) is 20.3. The number of methoxy groups -OCH3 is 1. The molecule has 0 aliphatic rings. The van der Waals surface area contributed by atoms with E-state index in [9.17, 15) is 0 Å². The first kappa shape index (κ1) is 34.1. The van der Waals surface area contributed by atoms with Gasteiger partial charge in [-0.3, -0.25) is 4.57 Å². The van der Waals surface area contributed by atoms with Crippen LogP contribution in [-0.2, 0) is 0 Å². The minimum atomic E-state index is 0.677. The fourth-order valence-corrected chi connectivity index (χ4v) is 9.15. The highest BCUT2D eigenvalue weighted by Gasteiger charge is 2.20. The second-order valence-electron chi connectivity index (χ2n) is 15.4. The van der Waals surface area contributed by atoms with Gasteiger partial charge in [0.25, 0.3) is 0 Å². The molecule has 0 radical (unpaired) electrons. The summed E-state index contributed by atoms with van der Waals surface area (Å²) in [5.41, 5.74) is 12.1. The topological polar surface area (TPSA) is 44.9 Å². The van der Waals surface area contributed by atoms with Gasteiger partial charge in [0.2, 0.25) is 0 Å².